The fraction of sp³-hybridized carbons (Fsp3) is 0.417. The first-order valence-corrected chi connectivity index (χ1v) is 5.20. The molecular formula is C12H12N2O3. The Bertz CT molecular complexity index is 528. The summed E-state index contributed by atoms with van der Waals surface area (Å²) < 4.78 is 6.25. The van der Waals surface area contributed by atoms with Crippen molar-refractivity contribution in [3.05, 3.63) is 23.5 Å². The first kappa shape index (κ1) is 11.4. The maximum absolute atomic E-state index is 11.4. The Hall–Kier alpha value is -2.09. The zero-order valence-electron chi connectivity index (χ0n) is 9.69. The normalized spacial score (nSPS) is 17.1. The van der Waals surface area contributed by atoms with E-state index >= 15 is 0 Å². The van der Waals surface area contributed by atoms with E-state index in [1.807, 2.05) is 0 Å². The average molecular weight is 232 g/mol. The van der Waals surface area contributed by atoms with Crippen LogP contribution < -0.4 is 0 Å². The lowest BCUT2D eigenvalue weighted by Crippen LogP contribution is -2.40. The highest BCUT2D eigenvalue weighted by atomic mass is 16.5. The van der Waals surface area contributed by atoms with E-state index in [-0.39, 0.29) is 18.6 Å². The van der Waals surface area contributed by atoms with Gasteiger partial charge in [0, 0.05) is 26.1 Å². The van der Waals surface area contributed by atoms with Gasteiger partial charge in [-0.25, -0.2) is 4.79 Å². The number of nitrogens with zero attached hydrogens (tertiary/aromatic N) is 2. The van der Waals surface area contributed by atoms with E-state index in [1.54, 1.807) is 23.9 Å². The van der Waals surface area contributed by atoms with Crippen molar-refractivity contribution in [3.63, 3.8) is 0 Å². The van der Waals surface area contributed by atoms with E-state index in [0.717, 1.165) is 0 Å². The number of rotatable bonds is 2. The van der Waals surface area contributed by atoms with Gasteiger partial charge in [0.1, 0.15) is 11.5 Å². The van der Waals surface area contributed by atoms with Crippen LogP contribution in [0.2, 0.25) is 0 Å². The minimum atomic E-state index is -0.749. The van der Waals surface area contributed by atoms with Gasteiger partial charge >= 0.3 is 5.97 Å². The number of hydrogen-bond acceptors (Lipinski definition) is 4. The zero-order chi connectivity index (χ0) is 12.6. The topological polar surface area (TPSA) is 72.1 Å². The third-order valence-electron chi connectivity index (χ3n) is 3.16. The molecule has 1 heterocycles. The first-order valence-electron chi connectivity index (χ1n) is 5.20. The van der Waals surface area contributed by atoms with Gasteiger partial charge in [0.05, 0.1) is 18.6 Å². The number of ketones is 1. The van der Waals surface area contributed by atoms with E-state index in [2.05, 4.69) is 10.8 Å². The van der Waals surface area contributed by atoms with Crippen molar-refractivity contribution < 1.29 is 14.3 Å². The second kappa shape index (κ2) is 3.74. The molecule has 1 aromatic rings. The monoisotopic (exact) mass is 232 g/mol. The molecular weight excluding hydrogens is 220 g/mol. The first-order chi connectivity index (χ1) is 8.02. The molecule has 0 N–H and O–H groups in total. The van der Waals surface area contributed by atoms with Crippen molar-refractivity contribution in [1.82, 2.24) is 4.57 Å². The van der Waals surface area contributed by atoms with Gasteiger partial charge in [-0.05, 0) is 11.6 Å². The number of hydrogen-bond donors (Lipinski definition) is 0. The number of methoxy groups -OCH3 is 1. The van der Waals surface area contributed by atoms with Gasteiger partial charge in [-0.15, -0.1) is 0 Å². The van der Waals surface area contributed by atoms with Crippen LogP contribution in [0.5, 0.6) is 0 Å². The molecule has 5 nitrogen and oxygen atoms in total. The molecule has 0 radical (unpaired) electrons. The summed E-state index contributed by atoms with van der Waals surface area (Å²) in [6, 6.07) is 3.80. The van der Waals surface area contributed by atoms with Crippen LogP contribution in [0.15, 0.2) is 12.3 Å². The zero-order valence-corrected chi connectivity index (χ0v) is 9.69. The quantitative estimate of drug-likeness (QED) is 0.711. The van der Waals surface area contributed by atoms with Gasteiger partial charge in [0.2, 0.25) is 0 Å². The van der Waals surface area contributed by atoms with Crippen molar-refractivity contribution in [1.29, 1.82) is 5.26 Å². The summed E-state index contributed by atoms with van der Waals surface area (Å²) in [7, 11) is 3.02. The van der Waals surface area contributed by atoms with Crippen LogP contribution >= 0.6 is 0 Å². The number of carbonyl (C=O) groups is 2. The highest BCUT2D eigenvalue weighted by Crippen LogP contribution is 2.41. The minimum absolute atomic E-state index is 0.0787. The lowest BCUT2D eigenvalue weighted by molar-refractivity contribution is -0.126. The molecule has 1 aliphatic carbocycles. The number of esters is 1. The number of aromatic nitrogens is 1. The minimum Gasteiger partial charge on any atom is -0.464 e. The molecule has 0 atom stereocenters. The summed E-state index contributed by atoms with van der Waals surface area (Å²) in [5.74, 6) is -0.368. The number of ether oxygens (including phenoxy) is 1. The lowest BCUT2D eigenvalue weighted by atomic mass is 9.65. The molecule has 1 aliphatic rings. The Labute approximate surface area is 98.6 Å². The standard InChI is InChI=1S/C12H12N2O3/c1-14-6-8(3-10(14)11(16)17-2)12(7-13)4-9(15)5-12/h3,6H,4-5H2,1-2H3. The molecule has 17 heavy (non-hydrogen) atoms. The fourth-order valence-corrected chi connectivity index (χ4v) is 2.10. The van der Waals surface area contributed by atoms with Gasteiger partial charge < -0.3 is 9.30 Å². The molecule has 5 heteroatoms. The molecule has 0 unspecified atom stereocenters. The van der Waals surface area contributed by atoms with E-state index in [1.165, 1.54) is 7.11 Å². The molecule has 0 aromatic carbocycles. The molecule has 1 saturated carbocycles. The summed E-state index contributed by atoms with van der Waals surface area (Å²) in [6.45, 7) is 0. The average Bonchev–Trinajstić information content (AvgIpc) is 2.66. The molecule has 1 fully saturated rings. The Kier molecular flexibility index (Phi) is 2.50. The summed E-state index contributed by atoms with van der Waals surface area (Å²) in [6.07, 6.45) is 2.17. The van der Waals surface area contributed by atoms with Gasteiger partial charge in [0.15, 0.2) is 0 Å². The summed E-state index contributed by atoms with van der Waals surface area (Å²) >= 11 is 0. The molecule has 0 amide bonds. The van der Waals surface area contributed by atoms with Crippen molar-refractivity contribution >= 4 is 11.8 Å². The van der Waals surface area contributed by atoms with E-state index < -0.39 is 11.4 Å². The number of Topliss-reactive ketones (excluding diaryl/α,β-unsaturated/α-hetero) is 1. The molecule has 0 saturated heterocycles. The van der Waals surface area contributed by atoms with Gasteiger partial charge in [-0.2, -0.15) is 5.26 Å². The third kappa shape index (κ3) is 1.62. The predicted molar refractivity (Wildman–Crippen MR) is 58.3 cm³/mol. The molecule has 0 spiro atoms. The Morgan fingerprint density at radius 1 is 1.59 bits per heavy atom. The van der Waals surface area contributed by atoms with Crippen LogP contribution in [0, 0.1) is 11.3 Å². The lowest BCUT2D eigenvalue weighted by Gasteiger charge is -2.32. The maximum atomic E-state index is 11.4. The number of carbonyl (C=O) groups excluding carboxylic acids is 2. The second-order valence-electron chi connectivity index (χ2n) is 4.30. The van der Waals surface area contributed by atoms with Gasteiger partial charge in [-0.1, -0.05) is 0 Å². The Balaban J connectivity index is 2.39. The van der Waals surface area contributed by atoms with Gasteiger partial charge in [-0.3, -0.25) is 4.79 Å². The van der Waals surface area contributed by atoms with Crippen molar-refractivity contribution in [2.75, 3.05) is 7.11 Å². The third-order valence-corrected chi connectivity index (χ3v) is 3.16. The summed E-state index contributed by atoms with van der Waals surface area (Å²) in [5.41, 5.74) is 0.347. The molecule has 0 bridgehead atoms. The van der Waals surface area contributed by atoms with Crippen LogP contribution in [0.25, 0.3) is 0 Å². The summed E-state index contributed by atoms with van der Waals surface area (Å²) in [5, 5.41) is 9.18. The molecule has 0 aliphatic heterocycles. The number of aryl methyl sites for hydroxylation is 1. The maximum Gasteiger partial charge on any atom is 0.354 e. The van der Waals surface area contributed by atoms with Crippen molar-refractivity contribution in [3.8, 4) is 6.07 Å². The molecule has 1 aromatic heterocycles. The second-order valence-corrected chi connectivity index (χ2v) is 4.30. The summed E-state index contributed by atoms with van der Waals surface area (Å²) in [4.78, 5) is 22.5. The van der Waals surface area contributed by atoms with Crippen molar-refractivity contribution in [2.24, 2.45) is 7.05 Å². The highest BCUT2D eigenvalue weighted by Gasteiger charge is 2.46. The van der Waals surface area contributed by atoms with Crippen LogP contribution in [-0.4, -0.2) is 23.4 Å². The largest absolute Gasteiger partial charge is 0.464 e. The number of nitriles is 1. The van der Waals surface area contributed by atoms with E-state index in [4.69, 9.17) is 0 Å². The van der Waals surface area contributed by atoms with Crippen molar-refractivity contribution in [2.45, 2.75) is 18.3 Å². The predicted octanol–water partition coefficient (Wildman–Crippen LogP) is 0.936. The Morgan fingerprint density at radius 3 is 2.71 bits per heavy atom. The van der Waals surface area contributed by atoms with Crippen LogP contribution in [0.1, 0.15) is 28.9 Å². The molecule has 88 valence electrons. The van der Waals surface area contributed by atoms with E-state index in [9.17, 15) is 14.9 Å². The van der Waals surface area contributed by atoms with Gasteiger partial charge in [0.25, 0.3) is 0 Å². The highest BCUT2D eigenvalue weighted by molar-refractivity contribution is 5.91. The van der Waals surface area contributed by atoms with E-state index in [0.29, 0.717) is 11.3 Å². The van der Waals surface area contributed by atoms with Crippen LogP contribution in [0.4, 0.5) is 0 Å². The van der Waals surface area contributed by atoms with Crippen LogP contribution in [0.3, 0.4) is 0 Å². The fourth-order valence-electron chi connectivity index (χ4n) is 2.10. The Morgan fingerprint density at radius 2 is 2.24 bits per heavy atom. The SMILES string of the molecule is COC(=O)c1cc(C2(C#N)CC(=O)C2)cn1C. The van der Waals surface area contributed by atoms with Crippen LogP contribution in [-0.2, 0) is 22.0 Å². The smallest absolute Gasteiger partial charge is 0.354 e. The molecule has 2 rings (SSSR count).